The van der Waals surface area contributed by atoms with Crippen LogP contribution in [0.4, 0.5) is 0 Å². The summed E-state index contributed by atoms with van der Waals surface area (Å²) in [5.41, 5.74) is 3.01. The average molecular weight is 231 g/mol. The molecular weight excluding hydrogens is 214 g/mol. The lowest BCUT2D eigenvalue weighted by Crippen LogP contribution is -2.10. The summed E-state index contributed by atoms with van der Waals surface area (Å²) in [6.07, 6.45) is 5.15. The minimum atomic E-state index is 0.135. The summed E-state index contributed by atoms with van der Waals surface area (Å²) in [5.74, 6) is 0.135. The number of hydrogen-bond acceptors (Lipinski definition) is 2. The van der Waals surface area contributed by atoms with Gasteiger partial charge in [0.25, 0.3) is 0 Å². The molecule has 2 aromatic heterocycles. The predicted octanol–water partition coefficient (Wildman–Crippen LogP) is 2.20. The maximum absolute atomic E-state index is 12.2. The van der Waals surface area contributed by atoms with Gasteiger partial charge in [0.05, 0.1) is 12.9 Å². The molecular formula is C13H17N3O. The quantitative estimate of drug-likeness (QED) is 0.757. The van der Waals surface area contributed by atoms with E-state index in [0.717, 1.165) is 23.5 Å². The molecule has 0 fully saturated rings. The smallest absolute Gasteiger partial charge is 0.184 e. The number of hydrogen-bond donors (Lipinski definition) is 0. The molecule has 4 nitrogen and oxygen atoms in total. The van der Waals surface area contributed by atoms with Crippen molar-refractivity contribution in [2.45, 2.75) is 33.9 Å². The molecule has 2 heterocycles. The molecule has 0 spiro atoms. The van der Waals surface area contributed by atoms with Gasteiger partial charge in [0.1, 0.15) is 0 Å². The van der Waals surface area contributed by atoms with Crippen molar-refractivity contribution in [3.8, 4) is 0 Å². The van der Waals surface area contributed by atoms with Crippen molar-refractivity contribution < 1.29 is 4.79 Å². The fourth-order valence-corrected chi connectivity index (χ4v) is 2.20. The van der Waals surface area contributed by atoms with Gasteiger partial charge in [0.15, 0.2) is 5.78 Å². The van der Waals surface area contributed by atoms with Gasteiger partial charge in [-0.05, 0) is 26.8 Å². The summed E-state index contributed by atoms with van der Waals surface area (Å²) < 4.78 is 3.95. The van der Waals surface area contributed by atoms with Crippen LogP contribution in [0.1, 0.15) is 28.7 Å². The molecule has 0 aliphatic carbocycles. The first-order valence-electron chi connectivity index (χ1n) is 5.79. The van der Waals surface area contributed by atoms with Crippen LogP contribution in [0.25, 0.3) is 0 Å². The van der Waals surface area contributed by atoms with Gasteiger partial charge in [0.2, 0.25) is 0 Å². The highest BCUT2D eigenvalue weighted by atomic mass is 16.1. The molecule has 2 aromatic rings. The average Bonchev–Trinajstić information content (AvgIpc) is 2.87. The lowest BCUT2D eigenvalue weighted by molar-refractivity contribution is 0.0971. The molecule has 0 aromatic carbocycles. The van der Waals surface area contributed by atoms with Crippen LogP contribution in [0.2, 0.25) is 0 Å². The number of Topliss-reactive ketones (excluding diaryl/α,β-unsaturated/α-hetero) is 1. The normalized spacial score (nSPS) is 10.8. The maximum Gasteiger partial charge on any atom is 0.184 e. The third-order valence-corrected chi connectivity index (χ3v) is 3.08. The van der Waals surface area contributed by atoms with Crippen LogP contribution >= 0.6 is 0 Å². The highest BCUT2D eigenvalue weighted by Gasteiger charge is 2.14. The van der Waals surface area contributed by atoms with Crippen molar-refractivity contribution in [3.63, 3.8) is 0 Å². The minimum Gasteiger partial charge on any atom is -0.349 e. The summed E-state index contributed by atoms with van der Waals surface area (Å²) in [7, 11) is 0. The van der Waals surface area contributed by atoms with Gasteiger partial charge in [-0.3, -0.25) is 4.79 Å². The van der Waals surface area contributed by atoms with E-state index in [1.807, 2.05) is 19.9 Å². The van der Waals surface area contributed by atoms with E-state index in [1.165, 1.54) is 0 Å². The fraction of sp³-hybridized carbons (Fsp3) is 0.385. The standard InChI is InChI=1S/C13H17N3O/c1-4-16-10(2)7-12(11(16)3)13(17)8-15-6-5-14-9-15/h5-7,9H,4,8H2,1-3H3. The van der Waals surface area contributed by atoms with Crippen molar-refractivity contribution in [1.29, 1.82) is 0 Å². The molecule has 0 saturated heterocycles. The molecule has 0 aliphatic rings. The van der Waals surface area contributed by atoms with Crippen molar-refractivity contribution in [3.05, 3.63) is 41.7 Å². The predicted molar refractivity (Wildman–Crippen MR) is 66.1 cm³/mol. The molecule has 4 heteroatoms. The summed E-state index contributed by atoms with van der Waals surface area (Å²) in [6, 6.07) is 1.97. The molecule has 17 heavy (non-hydrogen) atoms. The van der Waals surface area contributed by atoms with Gasteiger partial charge < -0.3 is 9.13 Å². The molecule has 2 rings (SSSR count). The van der Waals surface area contributed by atoms with E-state index in [0.29, 0.717) is 6.54 Å². The van der Waals surface area contributed by atoms with Crippen LogP contribution in [0.3, 0.4) is 0 Å². The Labute approximate surface area is 101 Å². The molecule has 0 N–H and O–H groups in total. The van der Waals surface area contributed by atoms with E-state index in [4.69, 9.17) is 0 Å². The Morgan fingerprint density at radius 3 is 2.71 bits per heavy atom. The number of rotatable bonds is 4. The summed E-state index contributed by atoms with van der Waals surface area (Å²) in [6.45, 7) is 7.37. The molecule has 0 saturated carbocycles. The minimum absolute atomic E-state index is 0.135. The lowest BCUT2D eigenvalue weighted by atomic mass is 10.1. The van der Waals surface area contributed by atoms with Gasteiger partial charge in [0, 0.05) is 35.9 Å². The first-order valence-corrected chi connectivity index (χ1v) is 5.79. The van der Waals surface area contributed by atoms with E-state index in [2.05, 4.69) is 16.5 Å². The number of aromatic nitrogens is 3. The second kappa shape index (κ2) is 4.57. The van der Waals surface area contributed by atoms with E-state index < -0.39 is 0 Å². The van der Waals surface area contributed by atoms with Crippen LogP contribution in [0.5, 0.6) is 0 Å². The lowest BCUT2D eigenvalue weighted by Gasteiger charge is -2.05. The van der Waals surface area contributed by atoms with Crippen LogP contribution in [-0.4, -0.2) is 19.9 Å². The second-order valence-corrected chi connectivity index (χ2v) is 4.19. The topological polar surface area (TPSA) is 39.8 Å². The first-order chi connectivity index (χ1) is 8.13. The zero-order valence-corrected chi connectivity index (χ0v) is 10.5. The van der Waals surface area contributed by atoms with Gasteiger partial charge >= 0.3 is 0 Å². The van der Waals surface area contributed by atoms with E-state index in [1.54, 1.807) is 23.3 Å². The Kier molecular flexibility index (Phi) is 3.13. The summed E-state index contributed by atoms with van der Waals surface area (Å²) in [5, 5.41) is 0. The SMILES string of the molecule is CCn1c(C)cc(C(=O)Cn2ccnc2)c1C. The zero-order valence-electron chi connectivity index (χ0n) is 10.5. The third-order valence-electron chi connectivity index (χ3n) is 3.08. The van der Waals surface area contributed by atoms with Crippen LogP contribution in [-0.2, 0) is 13.1 Å². The number of ketones is 1. The van der Waals surface area contributed by atoms with Crippen LogP contribution in [0, 0.1) is 13.8 Å². The molecule has 90 valence electrons. The van der Waals surface area contributed by atoms with Crippen molar-refractivity contribution in [2.24, 2.45) is 0 Å². The Morgan fingerprint density at radius 1 is 1.41 bits per heavy atom. The van der Waals surface area contributed by atoms with E-state index in [-0.39, 0.29) is 5.78 Å². The number of carbonyl (C=O) groups excluding carboxylic acids is 1. The van der Waals surface area contributed by atoms with E-state index in [9.17, 15) is 4.79 Å². The van der Waals surface area contributed by atoms with Gasteiger partial charge in [-0.2, -0.15) is 0 Å². The van der Waals surface area contributed by atoms with Crippen LogP contribution < -0.4 is 0 Å². The summed E-state index contributed by atoms with van der Waals surface area (Å²) >= 11 is 0. The molecule has 0 radical (unpaired) electrons. The first kappa shape index (κ1) is 11.6. The summed E-state index contributed by atoms with van der Waals surface area (Å²) in [4.78, 5) is 16.1. The molecule has 0 amide bonds. The molecule has 0 aliphatic heterocycles. The zero-order chi connectivity index (χ0) is 12.4. The molecule has 0 bridgehead atoms. The number of aryl methyl sites for hydroxylation is 1. The van der Waals surface area contributed by atoms with E-state index >= 15 is 0 Å². The van der Waals surface area contributed by atoms with Crippen molar-refractivity contribution in [1.82, 2.24) is 14.1 Å². The number of nitrogens with zero attached hydrogens (tertiary/aromatic N) is 3. The monoisotopic (exact) mass is 231 g/mol. The van der Waals surface area contributed by atoms with Gasteiger partial charge in [-0.25, -0.2) is 4.98 Å². The Hall–Kier alpha value is -1.84. The van der Waals surface area contributed by atoms with Crippen molar-refractivity contribution in [2.75, 3.05) is 0 Å². The Balaban J connectivity index is 2.25. The molecule has 0 unspecified atom stereocenters. The number of imidazole rings is 1. The second-order valence-electron chi connectivity index (χ2n) is 4.19. The van der Waals surface area contributed by atoms with Crippen molar-refractivity contribution >= 4 is 5.78 Å². The number of carbonyl (C=O) groups is 1. The van der Waals surface area contributed by atoms with Crippen LogP contribution in [0.15, 0.2) is 24.8 Å². The highest BCUT2D eigenvalue weighted by Crippen LogP contribution is 2.16. The maximum atomic E-state index is 12.2. The Bertz CT molecular complexity index is 523. The Morgan fingerprint density at radius 2 is 2.18 bits per heavy atom. The highest BCUT2D eigenvalue weighted by molar-refractivity contribution is 5.97. The largest absolute Gasteiger partial charge is 0.349 e. The third kappa shape index (κ3) is 2.16. The fourth-order valence-electron chi connectivity index (χ4n) is 2.20. The van der Waals surface area contributed by atoms with Gasteiger partial charge in [-0.15, -0.1) is 0 Å². The van der Waals surface area contributed by atoms with Gasteiger partial charge in [-0.1, -0.05) is 0 Å². The molecule has 0 atom stereocenters.